The molecule has 0 saturated carbocycles. The van der Waals surface area contributed by atoms with Gasteiger partial charge in [-0.2, -0.15) is 0 Å². The third-order valence-electron chi connectivity index (χ3n) is 11.0. The summed E-state index contributed by atoms with van der Waals surface area (Å²) in [6, 6.07) is -0.745. The molecule has 4 N–H and O–H groups in total. The van der Waals surface area contributed by atoms with Crippen molar-refractivity contribution in [3.63, 3.8) is 0 Å². The van der Waals surface area contributed by atoms with E-state index in [1.54, 1.807) is 6.08 Å². The molecule has 0 aromatic rings. The van der Waals surface area contributed by atoms with Crippen LogP contribution < -0.4 is 5.32 Å². The molecule has 0 aliphatic heterocycles. The Morgan fingerprint density at radius 3 is 1.15 bits per heavy atom. The number of carbonyl (C=O) groups excluding carboxylic acids is 1. The van der Waals surface area contributed by atoms with Gasteiger partial charge >= 0.3 is 0 Å². The van der Waals surface area contributed by atoms with Crippen molar-refractivity contribution in [2.45, 2.75) is 270 Å². The van der Waals surface area contributed by atoms with Gasteiger partial charge in [0.15, 0.2) is 0 Å². The first-order chi connectivity index (χ1) is 26.0. The molecule has 0 heterocycles. The number of hydrogen-bond donors (Lipinski definition) is 4. The fourth-order valence-electron chi connectivity index (χ4n) is 7.34. The molecule has 0 fully saturated rings. The number of hydrogen-bond acceptors (Lipinski definition) is 4. The van der Waals surface area contributed by atoms with Crippen LogP contribution in [0.1, 0.15) is 251 Å². The highest BCUT2D eigenvalue weighted by molar-refractivity contribution is 5.76. The second kappa shape index (κ2) is 43.6. The lowest BCUT2D eigenvalue weighted by molar-refractivity contribution is -0.124. The first kappa shape index (κ1) is 51.8. The van der Waals surface area contributed by atoms with E-state index in [0.29, 0.717) is 6.42 Å². The van der Waals surface area contributed by atoms with Crippen LogP contribution in [0.4, 0.5) is 0 Å². The molecule has 3 atom stereocenters. The Hall–Kier alpha value is -1.17. The van der Waals surface area contributed by atoms with E-state index in [1.165, 1.54) is 186 Å². The minimum Gasteiger partial charge on any atom is -0.394 e. The molecule has 0 spiro atoms. The van der Waals surface area contributed by atoms with Gasteiger partial charge in [0.2, 0.25) is 5.91 Å². The average molecular weight is 748 g/mol. The van der Waals surface area contributed by atoms with Crippen molar-refractivity contribution in [3.8, 4) is 0 Å². The van der Waals surface area contributed by atoms with Crippen molar-refractivity contribution in [1.29, 1.82) is 0 Å². The van der Waals surface area contributed by atoms with Gasteiger partial charge in [0.05, 0.1) is 31.3 Å². The molecular weight excluding hydrogens is 655 g/mol. The summed E-state index contributed by atoms with van der Waals surface area (Å²) < 4.78 is 0. The number of allylic oxidation sites excluding steroid dienone is 3. The molecule has 1 amide bonds. The van der Waals surface area contributed by atoms with Crippen molar-refractivity contribution in [2.24, 2.45) is 0 Å². The molecule has 0 saturated heterocycles. The number of carbonyl (C=O) groups is 1. The molecule has 0 aromatic heterocycles. The van der Waals surface area contributed by atoms with Gasteiger partial charge in [0.25, 0.3) is 0 Å². The van der Waals surface area contributed by atoms with Crippen LogP contribution in [0, 0.1) is 0 Å². The molecule has 0 radical (unpaired) electrons. The quantitative estimate of drug-likeness (QED) is 0.0369. The third-order valence-corrected chi connectivity index (χ3v) is 11.0. The largest absolute Gasteiger partial charge is 0.394 e. The van der Waals surface area contributed by atoms with Crippen molar-refractivity contribution in [2.75, 3.05) is 6.61 Å². The van der Waals surface area contributed by atoms with Crippen LogP contribution in [0.15, 0.2) is 24.3 Å². The van der Waals surface area contributed by atoms with E-state index in [0.717, 1.165) is 38.5 Å². The Labute approximate surface area is 331 Å². The Bertz CT molecular complexity index is 784. The second-order valence-corrected chi connectivity index (χ2v) is 16.4. The highest BCUT2D eigenvalue weighted by Gasteiger charge is 2.20. The Morgan fingerprint density at radius 2 is 0.792 bits per heavy atom. The summed E-state index contributed by atoms with van der Waals surface area (Å²) in [6.45, 7) is 4.23. The molecule has 0 aliphatic carbocycles. The minimum absolute atomic E-state index is 0.00995. The fraction of sp³-hybridized carbons (Fsp3) is 0.896. The Balaban J connectivity index is 3.65. The Morgan fingerprint density at radius 1 is 0.472 bits per heavy atom. The van der Waals surface area contributed by atoms with Crippen molar-refractivity contribution < 1.29 is 20.1 Å². The highest BCUT2D eigenvalue weighted by Crippen LogP contribution is 2.16. The van der Waals surface area contributed by atoms with Gasteiger partial charge < -0.3 is 20.6 Å². The van der Waals surface area contributed by atoms with Crippen LogP contribution in [0.5, 0.6) is 0 Å². The monoisotopic (exact) mass is 748 g/mol. The fourth-order valence-corrected chi connectivity index (χ4v) is 7.34. The lowest BCUT2D eigenvalue weighted by Gasteiger charge is -2.21. The van der Waals surface area contributed by atoms with E-state index in [2.05, 4.69) is 31.3 Å². The zero-order chi connectivity index (χ0) is 38.7. The summed E-state index contributed by atoms with van der Waals surface area (Å²) in [4.78, 5) is 12.5. The van der Waals surface area contributed by atoms with Gasteiger partial charge in [-0.3, -0.25) is 4.79 Å². The third kappa shape index (κ3) is 40.3. The van der Waals surface area contributed by atoms with E-state index in [9.17, 15) is 20.1 Å². The SMILES string of the molecule is CCCCCCCCCCCC/C=C\CCCCCCCC(O)CC(=O)NC(CO)C(O)/C=C/CCCCCCCCCCCCCCCCCCC. The molecule has 3 unspecified atom stereocenters. The van der Waals surface area contributed by atoms with Gasteiger partial charge in [0.1, 0.15) is 0 Å². The molecular formula is C48H93NO4. The summed E-state index contributed by atoms with van der Waals surface area (Å²) in [5, 5.41) is 33.3. The van der Waals surface area contributed by atoms with Crippen molar-refractivity contribution in [3.05, 3.63) is 24.3 Å². The van der Waals surface area contributed by atoms with E-state index in [-0.39, 0.29) is 18.9 Å². The number of aliphatic hydroxyl groups is 3. The van der Waals surface area contributed by atoms with Gasteiger partial charge in [0, 0.05) is 0 Å². The number of aliphatic hydroxyl groups excluding tert-OH is 3. The maximum Gasteiger partial charge on any atom is 0.222 e. The molecule has 0 aromatic carbocycles. The van der Waals surface area contributed by atoms with Crippen LogP contribution in [-0.2, 0) is 4.79 Å². The first-order valence-electron chi connectivity index (χ1n) is 23.6. The summed E-state index contributed by atoms with van der Waals surface area (Å²) in [5.74, 6) is -0.318. The van der Waals surface area contributed by atoms with E-state index in [4.69, 9.17) is 0 Å². The van der Waals surface area contributed by atoms with Crippen LogP contribution in [0.3, 0.4) is 0 Å². The van der Waals surface area contributed by atoms with Crippen LogP contribution >= 0.6 is 0 Å². The molecule has 5 heteroatoms. The van der Waals surface area contributed by atoms with Gasteiger partial charge in [-0.15, -0.1) is 0 Å². The summed E-state index contributed by atoms with van der Waals surface area (Å²) in [5.41, 5.74) is 0. The van der Waals surface area contributed by atoms with Gasteiger partial charge in [-0.05, 0) is 44.9 Å². The lowest BCUT2D eigenvalue weighted by atomic mass is 10.0. The molecule has 314 valence electrons. The van der Waals surface area contributed by atoms with Crippen LogP contribution in [0.25, 0.3) is 0 Å². The number of rotatable bonds is 43. The van der Waals surface area contributed by atoms with E-state index >= 15 is 0 Å². The number of nitrogens with one attached hydrogen (secondary N) is 1. The second-order valence-electron chi connectivity index (χ2n) is 16.4. The minimum atomic E-state index is -0.929. The predicted octanol–water partition coefficient (Wildman–Crippen LogP) is 13.8. The lowest BCUT2D eigenvalue weighted by Crippen LogP contribution is -2.45. The standard InChI is InChI=1S/C48H93NO4/c1-3-5-7-9-11-13-15-17-19-21-23-25-27-29-31-33-35-37-39-41-45(51)43-48(53)49-46(44-50)47(52)42-40-38-36-34-32-30-28-26-24-22-20-18-16-14-12-10-8-6-4-2/h25,27,40,42,45-47,50-52H,3-24,26,28-39,41,43-44H2,1-2H3,(H,49,53)/b27-25-,42-40+. The van der Waals surface area contributed by atoms with E-state index < -0.39 is 18.2 Å². The molecule has 0 bridgehead atoms. The van der Waals surface area contributed by atoms with Crippen molar-refractivity contribution >= 4 is 5.91 Å². The van der Waals surface area contributed by atoms with Crippen LogP contribution in [-0.4, -0.2) is 46.1 Å². The number of unbranched alkanes of at least 4 members (excludes halogenated alkanes) is 32. The summed E-state index contributed by atoms with van der Waals surface area (Å²) in [6.07, 6.45) is 53.3. The number of amides is 1. The van der Waals surface area contributed by atoms with E-state index in [1.807, 2.05) is 6.08 Å². The predicted molar refractivity (Wildman–Crippen MR) is 231 cm³/mol. The maximum atomic E-state index is 12.5. The van der Waals surface area contributed by atoms with Gasteiger partial charge in [-0.1, -0.05) is 224 Å². The van der Waals surface area contributed by atoms with Crippen molar-refractivity contribution in [1.82, 2.24) is 5.32 Å². The topological polar surface area (TPSA) is 89.8 Å². The summed E-state index contributed by atoms with van der Waals surface area (Å²) in [7, 11) is 0. The normalized spacial score (nSPS) is 13.7. The molecule has 5 nitrogen and oxygen atoms in total. The summed E-state index contributed by atoms with van der Waals surface area (Å²) >= 11 is 0. The molecule has 0 aliphatic rings. The molecule has 53 heavy (non-hydrogen) atoms. The maximum absolute atomic E-state index is 12.5. The zero-order valence-corrected chi connectivity index (χ0v) is 35.7. The average Bonchev–Trinajstić information content (AvgIpc) is 3.15. The highest BCUT2D eigenvalue weighted by atomic mass is 16.3. The molecule has 0 rings (SSSR count). The van der Waals surface area contributed by atoms with Gasteiger partial charge in [-0.25, -0.2) is 0 Å². The Kier molecular flexibility index (Phi) is 42.6. The smallest absolute Gasteiger partial charge is 0.222 e. The first-order valence-corrected chi connectivity index (χ1v) is 23.6. The van der Waals surface area contributed by atoms with Crippen LogP contribution in [0.2, 0.25) is 0 Å². The zero-order valence-electron chi connectivity index (χ0n) is 35.7.